The number of amides is 1. The molecule has 0 bridgehead atoms. The highest BCUT2D eigenvalue weighted by molar-refractivity contribution is 5.77. The van der Waals surface area contributed by atoms with E-state index in [0.717, 1.165) is 37.4 Å². The van der Waals surface area contributed by atoms with E-state index in [0.29, 0.717) is 17.7 Å². The first-order valence-corrected chi connectivity index (χ1v) is 9.56. The Morgan fingerprint density at radius 3 is 2.56 bits per heavy atom. The second-order valence-corrected chi connectivity index (χ2v) is 7.72. The summed E-state index contributed by atoms with van der Waals surface area (Å²) in [5, 5.41) is 0. The fourth-order valence-electron chi connectivity index (χ4n) is 4.25. The highest BCUT2D eigenvalue weighted by Gasteiger charge is 2.32. The third kappa shape index (κ3) is 3.48. The van der Waals surface area contributed by atoms with Gasteiger partial charge in [-0.1, -0.05) is 43.2 Å². The van der Waals surface area contributed by atoms with E-state index >= 15 is 0 Å². The summed E-state index contributed by atoms with van der Waals surface area (Å²) in [5.74, 6) is 2.60. The highest BCUT2D eigenvalue weighted by atomic mass is 16.2. The van der Waals surface area contributed by atoms with Crippen molar-refractivity contribution in [2.24, 2.45) is 11.8 Å². The highest BCUT2D eigenvalue weighted by Crippen LogP contribution is 2.30. The maximum absolute atomic E-state index is 12.4. The van der Waals surface area contributed by atoms with E-state index in [9.17, 15) is 4.79 Å². The van der Waals surface area contributed by atoms with Crippen LogP contribution in [0, 0.1) is 18.8 Å². The lowest BCUT2D eigenvalue weighted by molar-refractivity contribution is -0.138. The van der Waals surface area contributed by atoms with E-state index in [4.69, 9.17) is 0 Å². The minimum atomic E-state index is 0.369. The number of benzene rings is 1. The number of hydrogen-bond acceptors (Lipinski definition) is 2. The summed E-state index contributed by atoms with van der Waals surface area (Å²) in [5.41, 5.74) is 2.35. The molecule has 2 aliphatic rings. The number of rotatable bonds is 5. The molecule has 4 nitrogen and oxygen atoms in total. The first kappa shape index (κ1) is 16.4. The molecular weight excluding hydrogens is 310 g/mol. The van der Waals surface area contributed by atoms with Crippen molar-refractivity contribution in [1.29, 1.82) is 0 Å². The quantitative estimate of drug-likeness (QED) is 0.830. The second-order valence-electron chi connectivity index (χ2n) is 7.72. The number of nitrogens with zero attached hydrogens (tertiary/aromatic N) is 3. The predicted octanol–water partition coefficient (Wildman–Crippen LogP) is 3.90. The molecule has 1 amide bonds. The van der Waals surface area contributed by atoms with Crippen molar-refractivity contribution in [3.63, 3.8) is 0 Å². The average molecular weight is 337 g/mol. The van der Waals surface area contributed by atoms with Gasteiger partial charge in [0.25, 0.3) is 0 Å². The molecule has 1 saturated heterocycles. The lowest BCUT2D eigenvalue weighted by atomic mass is 9.96. The summed E-state index contributed by atoms with van der Waals surface area (Å²) in [4.78, 5) is 19.0. The van der Waals surface area contributed by atoms with Crippen LogP contribution in [-0.2, 0) is 11.3 Å². The van der Waals surface area contributed by atoms with Gasteiger partial charge >= 0.3 is 0 Å². The molecule has 4 heteroatoms. The Morgan fingerprint density at radius 2 is 1.84 bits per heavy atom. The van der Waals surface area contributed by atoms with Crippen molar-refractivity contribution < 1.29 is 4.79 Å². The van der Waals surface area contributed by atoms with E-state index in [1.54, 1.807) is 0 Å². The Morgan fingerprint density at radius 1 is 1.12 bits per heavy atom. The summed E-state index contributed by atoms with van der Waals surface area (Å²) < 4.78 is 2.30. The number of likely N-dealkylation sites (tertiary alicyclic amines) is 1. The minimum Gasteiger partial charge on any atom is -0.342 e. The molecule has 25 heavy (non-hydrogen) atoms. The van der Waals surface area contributed by atoms with Crippen LogP contribution in [0.5, 0.6) is 0 Å². The Kier molecular flexibility index (Phi) is 4.60. The van der Waals surface area contributed by atoms with E-state index < -0.39 is 0 Å². The Balaban J connectivity index is 1.35. The molecule has 1 aliphatic heterocycles. The van der Waals surface area contributed by atoms with Gasteiger partial charge in [-0.3, -0.25) is 4.79 Å². The molecule has 1 aromatic carbocycles. The molecule has 0 spiro atoms. The van der Waals surface area contributed by atoms with E-state index in [1.165, 1.54) is 31.4 Å². The van der Waals surface area contributed by atoms with Crippen molar-refractivity contribution in [1.82, 2.24) is 14.5 Å². The molecule has 0 unspecified atom stereocenters. The fourth-order valence-corrected chi connectivity index (χ4v) is 4.25. The summed E-state index contributed by atoms with van der Waals surface area (Å²) in [6, 6.07) is 10.4. The van der Waals surface area contributed by atoms with Gasteiger partial charge in [-0.2, -0.15) is 0 Å². The molecule has 0 atom stereocenters. The first-order chi connectivity index (χ1) is 12.2. The van der Waals surface area contributed by atoms with Crippen molar-refractivity contribution in [3.8, 4) is 11.4 Å². The second kappa shape index (κ2) is 7.03. The lowest BCUT2D eigenvalue weighted by Gasteiger charge is -2.40. The monoisotopic (exact) mass is 337 g/mol. The summed E-state index contributed by atoms with van der Waals surface area (Å²) >= 11 is 0. The zero-order chi connectivity index (χ0) is 17.2. The lowest BCUT2D eigenvalue weighted by Crippen LogP contribution is -2.51. The molecule has 4 rings (SSSR count). The van der Waals surface area contributed by atoms with Gasteiger partial charge in [-0.15, -0.1) is 0 Å². The Labute approximate surface area is 149 Å². The average Bonchev–Trinajstić information content (AvgIpc) is 3.21. The van der Waals surface area contributed by atoms with Crippen LogP contribution in [-0.4, -0.2) is 33.4 Å². The molecule has 2 aromatic rings. The SMILES string of the molecule is Cc1cnc(-c2ccccc2)n1CC1CN(C(=O)CC2CCCC2)C1. The summed E-state index contributed by atoms with van der Waals surface area (Å²) in [6.07, 6.45) is 7.83. The van der Waals surface area contributed by atoms with E-state index in [1.807, 2.05) is 12.3 Å². The maximum atomic E-state index is 12.4. The summed E-state index contributed by atoms with van der Waals surface area (Å²) in [7, 11) is 0. The topological polar surface area (TPSA) is 38.1 Å². The van der Waals surface area contributed by atoms with Crippen molar-refractivity contribution in [3.05, 3.63) is 42.2 Å². The van der Waals surface area contributed by atoms with Crippen molar-refractivity contribution in [2.45, 2.75) is 45.6 Å². The van der Waals surface area contributed by atoms with Gasteiger partial charge in [0.2, 0.25) is 5.91 Å². The normalized spacial score (nSPS) is 18.5. The zero-order valence-electron chi connectivity index (χ0n) is 15.0. The maximum Gasteiger partial charge on any atom is 0.222 e. The standard InChI is InChI=1S/C21H27N3O/c1-16-12-22-21(19-9-3-2-4-10-19)24(16)15-18-13-23(14-18)20(25)11-17-7-5-6-8-17/h2-4,9-10,12,17-18H,5-8,11,13-15H2,1H3. The van der Waals surface area contributed by atoms with Crippen LogP contribution in [0.3, 0.4) is 0 Å². The molecule has 1 aliphatic carbocycles. The zero-order valence-corrected chi connectivity index (χ0v) is 15.0. The van der Waals surface area contributed by atoms with Crippen LogP contribution >= 0.6 is 0 Å². The van der Waals surface area contributed by atoms with Gasteiger partial charge in [0.15, 0.2) is 0 Å². The number of aromatic nitrogens is 2. The first-order valence-electron chi connectivity index (χ1n) is 9.56. The minimum absolute atomic E-state index is 0.369. The van der Waals surface area contributed by atoms with Gasteiger partial charge in [0.05, 0.1) is 0 Å². The van der Waals surface area contributed by atoms with Gasteiger partial charge in [0.1, 0.15) is 5.82 Å². The van der Waals surface area contributed by atoms with Gasteiger partial charge in [-0.05, 0) is 25.7 Å². The number of carbonyl (C=O) groups is 1. The van der Waals surface area contributed by atoms with Crippen molar-refractivity contribution >= 4 is 5.91 Å². The van der Waals surface area contributed by atoms with Crippen LogP contribution in [0.1, 0.15) is 37.8 Å². The van der Waals surface area contributed by atoms with Gasteiger partial charge < -0.3 is 9.47 Å². The largest absolute Gasteiger partial charge is 0.342 e. The third-order valence-electron chi connectivity index (χ3n) is 5.78. The molecule has 2 fully saturated rings. The summed E-state index contributed by atoms with van der Waals surface area (Å²) in [6.45, 7) is 4.86. The number of imidazole rings is 1. The fraction of sp³-hybridized carbons (Fsp3) is 0.524. The number of carbonyl (C=O) groups excluding carboxylic acids is 1. The number of aryl methyl sites for hydroxylation is 1. The van der Waals surface area contributed by atoms with Crippen molar-refractivity contribution in [2.75, 3.05) is 13.1 Å². The molecule has 0 N–H and O–H groups in total. The smallest absolute Gasteiger partial charge is 0.222 e. The van der Waals surface area contributed by atoms with Crippen LogP contribution in [0.4, 0.5) is 0 Å². The van der Waals surface area contributed by atoms with Gasteiger partial charge in [-0.25, -0.2) is 4.98 Å². The van der Waals surface area contributed by atoms with Crippen LogP contribution < -0.4 is 0 Å². The molecule has 1 saturated carbocycles. The van der Waals surface area contributed by atoms with Crippen LogP contribution in [0.25, 0.3) is 11.4 Å². The molecule has 1 aromatic heterocycles. The van der Waals surface area contributed by atoms with E-state index in [2.05, 4.69) is 45.6 Å². The molecule has 132 valence electrons. The van der Waals surface area contributed by atoms with Gasteiger partial charge in [0, 0.05) is 49.4 Å². The predicted molar refractivity (Wildman–Crippen MR) is 99.0 cm³/mol. The Hall–Kier alpha value is -2.10. The van der Waals surface area contributed by atoms with E-state index in [-0.39, 0.29) is 0 Å². The Bertz CT molecular complexity index is 725. The van der Waals surface area contributed by atoms with Crippen LogP contribution in [0.15, 0.2) is 36.5 Å². The molecule has 0 radical (unpaired) electrons. The third-order valence-corrected chi connectivity index (χ3v) is 5.78. The van der Waals surface area contributed by atoms with Crippen LogP contribution in [0.2, 0.25) is 0 Å². The molecule has 2 heterocycles. The number of hydrogen-bond donors (Lipinski definition) is 0. The molecular formula is C21H27N3O.